The summed E-state index contributed by atoms with van der Waals surface area (Å²) in [5.41, 5.74) is 1.22. The van der Waals surface area contributed by atoms with E-state index in [9.17, 15) is 30.0 Å². The highest BCUT2D eigenvalue weighted by atomic mass is 16.3. The van der Waals surface area contributed by atoms with Gasteiger partial charge in [0.05, 0.1) is 0 Å². The average Bonchev–Trinajstić information content (AvgIpc) is 2.81. The molecule has 0 saturated heterocycles. The molecule has 0 radical (unpaired) electrons. The molecule has 9 heteroatoms. The van der Waals surface area contributed by atoms with Crippen LogP contribution in [0.5, 0.6) is 23.0 Å². The Morgan fingerprint density at radius 2 is 1.06 bits per heavy atom. The monoisotopic (exact) mass is 469 g/mol. The van der Waals surface area contributed by atoms with Crippen molar-refractivity contribution < 1.29 is 30.0 Å². The zero-order chi connectivity index (χ0) is 24.8. The number of hydrogen-bond donors (Lipinski definition) is 7. The molecule has 2 amide bonds. The normalized spacial score (nSPS) is 11.2. The molecule has 0 saturated carbocycles. The Balaban J connectivity index is 1.46. The highest BCUT2D eigenvalue weighted by Gasteiger charge is 2.01. The molecule has 0 aliphatic heterocycles. The van der Waals surface area contributed by atoms with Crippen LogP contribution in [-0.2, 0) is 9.59 Å². The molecular formula is C25H31N3O6. The zero-order valence-corrected chi connectivity index (χ0v) is 18.8. The van der Waals surface area contributed by atoms with Crippen LogP contribution in [0.3, 0.4) is 0 Å². The fourth-order valence-electron chi connectivity index (χ4n) is 2.89. The van der Waals surface area contributed by atoms with Gasteiger partial charge in [-0.2, -0.15) is 0 Å². The van der Waals surface area contributed by atoms with Gasteiger partial charge in [-0.25, -0.2) is 0 Å². The number of nitrogens with one attached hydrogen (secondary N) is 3. The van der Waals surface area contributed by atoms with E-state index >= 15 is 0 Å². The predicted octanol–water partition coefficient (Wildman–Crippen LogP) is 2.23. The number of rotatable bonds is 13. The Morgan fingerprint density at radius 1 is 0.618 bits per heavy atom. The zero-order valence-electron chi connectivity index (χ0n) is 18.8. The lowest BCUT2D eigenvalue weighted by Crippen LogP contribution is -2.27. The van der Waals surface area contributed by atoms with Gasteiger partial charge >= 0.3 is 0 Å². The van der Waals surface area contributed by atoms with Gasteiger partial charge in [-0.3, -0.25) is 9.59 Å². The third-order valence-electron chi connectivity index (χ3n) is 4.76. The lowest BCUT2D eigenvalue weighted by Gasteiger charge is -2.06. The molecule has 0 fully saturated rings. The molecule has 182 valence electrons. The minimum Gasteiger partial charge on any atom is -0.504 e. The maximum Gasteiger partial charge on any atom is 0.243 e. The number of aromatic hydroxyl groups is 4. The van der Waals surface area contributed by atoms with Crippen LogP contribution in [0.1, 0.15) is 30.4 Å². The van der Waals surface area contributed by atoms with E-state index in [1.165, 1.54) is 36.4 Å². The maximum absolute atomic E-state index is 11.8. The van der Waals surface area contributed by atoms with Gasteiger partial charge in [-0.05, 0) is 79.9 Å². The molecule has 2 rings (SSSR count). The van der Waals surface area contributed by atoms with E-state index in [2.05, 4.69) is 16.0 Å². The molecule has 0 heterocycles. The molecule has 0 spiro atoms. The number of hydrogen-bond acceptors (Lipinski definition) is 7. The van der Waals surface area contributed by atoms with Crippen molar-refractivity contribution in [1.82, 2.24) is 16.0 Å². The molecule has 2 aromatic rings. The maximum atomic E-state index is 11.8. The lowest BCUT2D eigenvalue weighted by atomic mass is 10.2. The standard InChI is InChI=1S/C25H31N3O6/c29-20-8-4-18(16-22(20)31)6-10-24(33)27-14-2-1-12-26-13-3-15-28-25(34)11-7-19-5-9-21(30)23(32)17-19/h4-11,16-17,26,29-32H,1-3,12-15H2,(H,27,33)(H,28,34)/b10-6+,11-7+. The summed E-state index contributed by atoms with van der Waals surface area (Å²) in [5, 5.41) is 46.2. The third-order valence-corrected chi connectivity index (χ3v) is 4.76. The van der Waals surface area contributed by atoms with Gasteiger partial charge in [0.15, 0.2) is 23.0 Å². The fourth-order valence-corrected chi connectivity index (χ4v) is 2.89. The van der Waals surface area contributed by atoms with Crippen LogP contribution >= 0.6 is 0 Å². The van der Waals surface area contributed by atoms with Crippen LogP contribution < -0.4 is 16.0 Å². The van der Waals surface area contributed by atoms with E-state index in [0.29, 0.717) is 24.2 Å². The van der Waals surface area contributed by atoms with E-state index in [-0.39, 0.29) is 34.8 Å². The number of phenolic OH excluding ortho intramolecular Hbond substituents is 4. The Bertz CT molecular complexity index is 938. The number of carbonyl (C=O) groups excluding carboxylic acids is 2. The summed E-state index contributed by atoms with van der Waals surface area (Å²) in [7, 11) is 0. The van der Waals surface area contributed by atoms with Crippen molar-refractivity contribution in [2.45, 2.75) is 19.3 Å². The van der Waals surface area contributed by atoms with E-state index in [0.717, 1.165) is 32.4 Å². The Hall–Kier alpha value is -3.98. The lowest BCUT2D eigenvalue weighted by molar-refractivity contribution is -0.117. The quantitative estimate of drug-likeness (QED) is 0.135. The van der Waals surface area contributed by atoms with Gasteiger partial charge in [0.25, 0.3) is 0 Å². The van der Waals surface area contributed by atoms with Gasteiger partial charge in [0.2, 0.25) is 11.8 Å². The van der Waals surface area contributed by atoms with E-state index in [1.807, 2.05) is 0 Å². The van der Waals surface area contributed by atoms with E-state index < -0.39 is 0 Å². The number of phenols is 4. The summed E-state index contributed by atoms with van der Waals surface area (Å²) in [5.74, 6) is -1.35. The predicted molar refractivity (Wildman–Crippen MR) is 130 cm³/mol. The van der Waals surface area contributed by atoms with E-state index in [4.69, 9.17) is 0 Å². The summed E-state index contributed by atoms with van der Waals surface area (Å²) in [6.45, 7) is 2.63. The van der Waals surface area contributed by atoms with E-state index in [1.54, 1.807) is 24.3 Å². The van der Waals surface area contributed by atoms with Crippen molar-refractivity contribution in [3.05, 3.63) is 59.7 Å². The molecule has 0 aliphatic carbocycles. The van der Waals surface area contributed by atoms with Crippen molar-refractivity contribution in [1.29, 1.82) is 0 Å². The van der Waals surface area contributed by atoms with Crippen molar-refractivity contribution in [2.24, 2.45) is 0 Å². The number of benzene rings is 2. The molecule has 0 aliphatic rings. The van der Waals surface area contributed by atoms with Gasteiger partial charge < -0.3 is 36.4 Å². The first kappa shape index (κ1) is 26.3. The second-order valence-corrected chi connectivity index (χ2v) is 7.56. The van der Waals surface area contributed by atoms with Crippen LogP contribution in [0, 0.1) is 0 Å². The molecule has 0 atom stereocenters. The number of amides is 2. The third kappa shape index (κ3) is 10.1. The van der Waals surface area contributed by atoms with Gasteiger partial charge in [-0.1, -0.05) is 12.1 Å². The molecule has 34 heavy (non-hydrogen) atoms. The SMILES string of the molecule is O=C(/C=C/c1ccc(O)c(O)c1)NCCCCNCCCNC(=O)/C=C/c1ccc(O)c(O)c1. The second-order valence-electron chi connectivity index (χ2n) is 7.56. The molecule has 2 aromatic carbocycles. The molecule has 0 bridgehead atoms. The van der Waals surface area contributed by atoms with Gasteiger partial charge in [0, 0.05) is 25.2 Å². The summed E-state index contributed by atoms with van der Waals surface area (Å²) < 4.78 is 0. The molecular weight excluding hydrogens is 438 g/mol. The molecule has 0 unspecified atom stereocenters. The van der Waals surface area contributed by atoms with Crippen LogP contribution in [0.15, 0.2) is 48.6 Å². The molecule has 7 N–H and O–H groups in total. The first-order valence-electron chi connectivity index (χ1n) is 11.0. The van der Waals surface area contributed by atoms with Crippen molar-refractivity contribution in [2.75, 3.05) is 26.2 Å². The summed E-state index contributed by atoms with van der Waals surface area (Å²) in [6, 6.07) is 8.65. The summed E-state index contributed by atoms with van der Waals surface area (Å²) in [6.07, 6.45) is 8.35. The van der Waals surface area contributed by atoms with Crippen LogP contribution in [0.25, 0.3) is 12.2 Å². The summed E-state index contributed by atoms with van der Waals surface area (Å²) in [4.78, 5) is 23.6. The van der Waals surface area contributed by atoms with Crippen LogP contribution in [-0.4, -0.2) is 58.4 Å². The molecule has 9 nitrogen and oxygen atoms in total. The molecule has 0 aromatic heterocycles. The highest BCUT2D eigenvalue weighted by molar-refractivity contribution is 5.92. The minimum absolute atomic E-state index is 0.207. The first-order chi connectivity index (χ1) is 16.3. The van der Waals surface area contributed by atoms with Crippen molar-refractivity contribution >= 4 is 24.0 Å². The second kappa shape index (κ2) is 14.2. The largest absolute Gasteiger partial charge is 0.504 e. The Kier molecular flexibility index (Phi) is 11.0. The van der Waals surface area contributed by atoms with Gasteiger partial charge in [0.1, 0.15) is 0 Å². The fraction of sp³-hybridized carbons (Fsp3) is 0.280. The smallest absolute Gasteiger partial charge is 0.243 e. The average molecular weight is 470 g/mol. The number of carbonyl (C=O) groups is 2. The Morgan fingerprint density at radius 3 is 1.56 bits per heavy atom. The van der Waals surface area contributed by atoms with Gasteiger partial charge in [-0.15, -0.1) is 0 Å². The topological polar surface area (TPSA) is 151 Å². The number of unbranched alkanes of at least 4 members (excludes halogenated alkanes) is 1. The minimum atomic E-state index is -0.237. The first-order valence-corrected chi connectivity index (χ1v) is 11.0. The van der Waals surface area contributed by atoms with Crippen LogP contribution in [0.4, 0.5) is 0 Å². The van der Waals surface area contributed by atoms with Crippen molar-refractivity contribution in [3.63, 3.8) is 0 Å². The summed E-state index contributed by atoms with van der Waals surface area (Å²) >= 11 is 0. The Labute approximate surface area is 198 Å². The van der Waals surface area contributed by atoms with Crippen molar-refractivity contribution in [3.8, 4) is 23.0 Å². The van der Waals surface area contributed by atoms with Crippen LogP contribution in [0.2, 0.25) is 0 Å². The highest BCUT2D eigenvalue weighted by Crippen LogP contribution is 2.26.